The SMILES string of the molecule is O=C(c1cc2ccccc2oc1=O)N1CCC2(CCNC2)C1. The first kappa shape index (κ1) is 13.5. The highest BCUT2D eigenvalue weighted by Gasteiger charge is 2.42. The smallest absolute Gasteiger partial charge is 0.349 e. The highest BCUT2D eigenvalue weighted by atomic mass is 16.4. The van der Waals surface area contributed by atoms with Gasteiger partial charge < -0.3 is 14.6 Å². The molecule has 1 spiro atoms. The number of likely N-dealkylation sites (tertiary alicyclic amines) is 1. The molecule has 1 N–H and O–H groups in total. The van der Waals surface area contributed by atoms with Crippen LogP contribution in [0.4, 0.5) is 0 Å². The average Bonchev–Trinajstić information content (AvgIpc) is 3.16. The molecule has 114 valence electrons. The van der Waals surface area contributed by atoms with E-state index >= 15 is 0 Å². The normalized spacial score (nSPS) is 24.5. The Labute approximate surface area is 127 Å². The van der Waals surface area contributed by atoms with Crippen LogP contribution in [0.3, 0.4) is 0 Å². The number of para-hydroxylation sites is 1. The maximum atomic E-state index is 12.7. The molecule has 2 aromatic rings. The molecule has 0 radical (unpaired) electrons. The van der Waals surface area contributed by atoms with Gasteiger partial charge in [-0.1, -0.05) is 18.2 Å². The van der Waals surface area contributed by atoms with Crippen molar-refractivity contribution >= 4 is 16.9 Å². The summed E-state index contributed by atoms with van der Waals surface area (Å²) in [5, 5.41) is 4.15. The first-order chi connectivity index (χ1) is 10.7. The molecule has 1 unspecified atom stereocenters. The summed E-state index contributed by atoms with van der Waals surface area (Å²) in [4.78, 5) is 26.6. The Balaban J connectivity index is 1.66. The van der Waals surface area contributed by atoms with E-state index in [1.165, 1.54) is 0 Å². The fourth-order valence-electron chi connectivity index (χ4n) is 3.63. The molecule has 3 heterocycles. The molecule has 1 amide bonds. The second-order valence-electron chi connectivity index (χ2n) is 6.39. The van der Waals surface area contributed by atoms with Gasteiger partial charge in [-0.2, -0.15) is 0 Å². The molecule has 4 rings (SSSR count). The van der Waals surface area contributed by atoms with E-state index in [0.29, 0.717) is 12.1 Å². The third-order valence-corrected chi connectivity index (χ3v) is 4.93. The number of benzene rings is 1. The molecular weight excluding hydrogens is 280 g/mol. The lowest BCUT2D eigenvalue weighted by Crippen LogP contribution is -2.35. The molecule has 2 aliphatic heterocycles. The lowest BCUT2D eigenvalue weighted by Gasteiger charge is -2.22. The summed E-state index contributed by atoms with van der Waals surface area (Å²) in [6, 6.07) is 8.92. The molecule has 0 bridgehead atoms. The van der Waals surface area contributed by atoms with E-state index in [0.717, 1.165) is 37.9 Å². The largest absolute Gasteiger partial charge is 0.422 e. The molecule has 5 heteroatoms. The van der Waals surface area contributed by atoms with E-state index in [-0.39, 0.29) is 16.9 Å². The summed E-state index contributed by atoms with van der Waals surface area (Å²) in [5.41, 5.74) is 0.310. The quantitative estimate of drug-likeness (QED) is 0.813. The van der Waals surface area contributed by atoms with Crippen molar-refractivity contribution in [2.45, 2.75) is 12.8 Å². The topological polar surface area (TPSA) is 62.6 Å². The zero-order valence-electron chi connectivity index (χ0n) is 12.3. The lowest BCUT2D eigenvalue weighted by atomic mass is 9.86. The van der Waals surface area contributed by atoms with Gasteiger partial charge in [0.05, 0.1) is 0 Å². The highest BCUT2D eigenvalue weighted by Crippen LogP contribution is 2.36. The number of nitrogens with one attached hydrogen (secondary N) is 1. The molecule has 1 aromatic heterocycles. The van der Waals surface area contributed by atoms with Crippen LogP contribution < -0.4 is 10.9 Å². The second kappa shape index (κ2) is 4.95. The van der Waals surface area contributed by atoms with Crippen LogP contribution in [0.25, 0.3) is 11.0 Å². The Morgan fingerprint density at radius 2 is 2.14 bits per heavy atom. The summed E-state index contributed by atoms with van der Waals surface area (Å²) in [5.74, 6) is -0.205. The standard InChI is InChI=1S/C17H18N2O3/c20-15(19-8-6-17(11-19)5-7-18-10-17)13-9-12-3-1-2-4-14(12)22-16(13)21/h1-4,9,18H,5-8,10-11H2. The first-order valence-corrected chi connectivity index (χ1v) is 7.70. The number of fused-ring (bicyclic) bond motifs is 1. The Morgan fingerprint density at radius 3 is 2.95 bits per heavy atom. The number of amides is 1. The van der Waals surface area contributed by atoms with Crippen LogP contribution in [0.2, 0.25) is 0 Å². The van der Waals surface area contributed by atoms with Gasteiger partial charge in [-0.15, -0.1) is 0 Å². The van der Waals surface area contributed by atoms with Crippen LogP contribution in [-0.2, 0) is 0 Å². The van der Waals surface area contributed by atoms with Gasteiger partial charge in [0.2, 0.25) is 0 Å². The predicted octanol–water partition coefficient (Wildman–Crippen LogP) is 1.62. The summed E-state index contributed by atoms with van der Waals surface area (Å²) < 4.78 is 5.28. The third-order valence-electron chi connectivity index (χ3n) is 4.93. The fourth-order valence-corrected chi connectivity index (χ4v) is 3.63. The first-order valence-electron chi connectivity index (χ1n) is 7.70. The van der Waals surface area contributed by atoms with E-state index in [2.05, 4.69) is 5.32 Å². The van der Waals surface area contributed by atoms with Crippen LogP contribution in [-0.4, -0.2) is 37.0 Å². The Morgan fingerprint density at radius 1 is 1.27 bits per heavy atom. The molecule has 0 saturated carbocycles. The van der Waals surface area contributed by atoms with E-state index in [4.69, 9.17) is 4.42 Å². The van der Waals surface area contributed by atoms with Crippen molar-refractivity contribution in [2.24, 2.45) is 5.41 Å². The summed E-state index contributed by atoms with van der Waals surface area (Å²) in [7, 11) is 0. The van der Waals surface area contributed by atoms with E-state index < -0.39 is 5.63 Å². The zero-order chi connectivity index (χ0) is 15.2. The maximum absolute atomic E-state index is 12.7. The van der Waals surface area contributed by atoms with E-state index in [1.54, 1.807) is 17.0 Å². The summed E-state index contributed by atoms with van der Waals surface area (Å²) in [6.07, 6.45) is 2.10. The molecule has 2 fully saturated rings. The van der Waals surface area contributed by atoms with Crippen molar-refractivity contribution in [1.82, 2.24) is 10.2 Å². The molecule has 5 nitrogen and oxygen atoms in total. The summed E-state index contributed by atoms with van der Waals surface area (Å²) in [6.45, 7) is 3.42. The maximum Gasteiger partial charge on any atom is 0.349 e. The van der Waals surface area contributed by atoms with Gasteiger partial charge in [-0.3, -0.25) is 4.79 Å². The van der Waals surface area contributed by atoms with Crippen LogP contribution in [0.5, 0.6) is 0 Å². The number of carbonyl (C=O) groups is 1. The van der Waals surface area contributed by atoms with Crippen LogP contribution >= 0.6 is 0 Å². The van der Waals surface area contributed by atoms with Crippen LogP contribution in [0.1, 0.15) is 23.2 Å². The molecule has 1 aromatic carbocycles. The number of nitrogens with zero attached hydrogens (tertiary/aromatic N) is 1. The van der Waals surface area contributed by atoms with Gasteiger partial charge in [0.15, 0.2) is 0 Å². The molecule has 22 heavy (non-hydrogen) atoms. The second-order valence-corrected chi connectivity index (χ2v) is 6.39. The van der Waals surface area contributed by atoms with Crippen molar-refractivity contribution < 1.29 is 9.21 Å². The van der Waals surface area contributed by atoms with Gasteiger partial charge in [0.25, 0.3) is 5.91 Å². The highest BCUT2D eigenvalue weighted by molar-refractivity contribution is 5.96. The average molecular weight is 298 g/mol. The van der Waals surface area contributed by atoms with Gasteiger partial charge >= 0.3 is 5.63 Å². The van der Waals surface area contributed by atoms with Gasteiger partial charge in [-0.05, 0) is 31.5 Å². The minimum atomic E-state index is -0.547. The lowest BCUT2D eigenvalue weighted by molar-refractivity contribution is 0.0771. The number of rotatable bonds is 1. The van der Waals surface area contributed by atoms with Crippen molar-refractivity contribution in [2.75, 3.05) is 26.2 Å². The molecule has 2 saturated heterocycles. The Hall–Kier alpha value is -2.14. The third kappa shape index (κ3) is 2.13. The molecule has 2 aliphatic rings. The van der Waals surface area contributed by atoms with Gasteiger partial charge in [0.1, 0.15) is 11.1 Å². The molecule has 0 aliphatic carbocycles. The number of hydrogen-bond acceptors (Lipinski definition) is 4. The minimum absolute atomic E-state index is 0.140. The van der Waals surface area contributed by atoms with Crippen LogP contribution in [0, 0.1) is 5.41 Å². The van der Waals surface area contributed by atoms with Crippen LogP contribution in [0.15, 0.2) is 39.5 Å². The van der Waals surface area contributed by atoms with Crippen molar-refractivity contribution in [3.8, 4) is 0 Å². The van der Waals surface area contributed by atoms with Gasteiger partial charge in [0, 0.05) is 30.4 Å². The molecule has 1 atom stereocenters. The zero-order valence-corrected chi connectivity index (χ0v) is 12.3. The molecular formula is C17H18N2O3. The Bertz CT molecular complexity index is 790. The number of hydrogen-bond donors (Lipinski definition) is 1. The monoisotopic (exact) mass is 298 g/mol. The van der Waals surface area contributed by atoms with E-state index in [1.807, 2.05) is 18.2 Å². The predicted molar refractivity (Wildman–Crippen MR) is 82.9 cm³/mol. The van der Waals surface area contributed by atoms with Crippen molar-refractivity contribution in [3.63, 3.8) is 0 Å². The summed E-state index contributed by atoms with van der Waals surface area (Å²) >= 11 is 0. The Kier molecular flexibility index (Phi) is 3.04. The van der Waals surface area contributed by atoms with Crippen molar-refractivity contribution in [3.05, 3.63) is 46.3 Å². The van der Waals surface area contributed by atoms with E-state index in [9.17, 15) is 9.59 Å². The minimum Gasteiger partial charge on any atom is -0.422 e. The number of carbonyl (C=O) groups excluding carboxylic acids is 1. The van der Waals surface area contributed by atoms with Gasteiger partial charge in [-0.25, -0.2) is 4.79 Å². The fraction of sp³-hybridized carbons (Fsp3) is 0.412. The van der Waals surface area contributed by atoms with Crippen molar-refractivity contribution in [1.29, 1.82) is 0 Å².